The molecule has 2 aromatic rings. The van der Waals surface area contributed by atoms with Gasteiger partial charge in [0, 0.05) is 25.8 Å². The fourth-order valence-corrected chi connectivity index (χ4v) is 3.99. The molecular weight excluding hydrogens is 446 g/mol. The average molecular weight is 474 g/mol. The van der Waals surface area contributed by atoms with Crippen LogP contribution in [0.1, 0.15) is 37.4 Å². The summed E-state index contributed by atoms with van der Waals surface area (Å²) in [5.41, 5.74) is 1.05. The van der Waals surface area contributed by atoms with Crippen LogP contribution in [-0.4, -0.2) is 55.2 Å². The molecule has 176 valence electrons. The van der Waals surface area contributed by atoms with Crippen molar-refractivity contribution in [3.8, 4) is 11.5 Å². The van der Waals surface area contributed by atoms with Crippen LogP contribution >= 0.6 is 11.6 Å². The smallest absolute Gasteiger partial charge is 0.295 e. The first-order valence-electron chi connectivity index (χ1n) is 10.9. The Hall–Kier alpha value is -3.03. The van der Waals surface area contributed by atoms with E-state index in [0.29, 0.717) is 60.4 Å². The van der Waals surface area contributed by atoms with Gasteiger partial charge >= 0.3 is 0 Å². The minimum absolute atomic E-state index is 0.0198. The first-order valence-corrected chi connectivity index (χ1v) is 11.2. The highest BCUT2D eigenvalue weighted by atomic mass is 35.5. The van der Waals surface area contributed by atoms with E-state index in [9.17, 15) is 14.7 Å². The van der Waals surface area contributed by atoms with Crippen molar-refractivity contribution in [1.29, 1.82) is 0 Å². The van der Waals surface area contributed by atoms with Crippen molar-refractivity contribution in [3.05, 3.63) is 64.2 Å². The second-order valence-corrected chi connectivity index (χ2v) is 7.83. The largest absolute Gasteiger partial charge is 0.507 e. The third kappa shape index (κ3) is 5.31. The molecule has 1 aliphatic heterocycles. The first kappa shape index (κ1) is 24.6. The number of carbonyl (C=O) groups excluding carboxylic acids is 2. The zero-order valence-corrected chi connectivity index (χ0v) is 19.7. The number of halogens is 1. The highest BCUT2D eigenvalue weighted by Crippen LogP contribution is 2.40. The van der Waals surface area contributed by atoms with Crippen molar-refractivity contribution >= 4 is 29.1 Å². The minimum atomic E-state index is -0.747. The number of carbonyl (C=O) groups is 2. The molecule has 1 heterocycles. The molecule has 33 heavy (non-hydrogen) atoms. The van der Waals surface area contributed by atoms with Gasteiger partial charge in [0.15, 0.2) is 0 Å². The molecule has 1 aliphatic rings. The maximum Gasteiger partial charge on any atom is 0.295 e. The number of aliphatic hydroxyl groups excluding tert-OH is 1. The maximum absolute atomic E-state index is 13.1. The summed E-state index contributed by atoms with van der Waals surface area (Å²) in [7, 11) is 1.58. The monoisotopic (exact) mass is 473 g/mol. The Morgan fingerprint density at radius 2 is 1.76 bits per heavy atom. The van der Waals surface area contributed by atoms with E-state index in [0.717, 1.165) is 0 Å². The van der Waals surface area contributed by atoms with Crippen molar-refractivity contribution < 1.29 is 28.9 Å². The minimum Gasteiger partial charge on any atom is -0.507 e. The molecule has 0 bridgehead atoms. The standard InChI is InChI=1S/C25H28ClNO6/c1-4-32-18-10-7-16(8-11-18)22-21(24(29)25(30)27(22)13-6-14-31-3)23(28)17-9-12-19(26)20(15-17)33-5-2/h7-12,15,22,28H,4-6,13-14H2,1-3H3/b23-21-. The number of methoxy groups -OCH3 is 1. The van der Waals surface area contributed by atoms with Crippen LogP contribution in [-0.2, 0) is 14.3 Å². The normalized spacial score (nSPS) is 17.5. The summed E-state index contributed by atoms with van der Waals surface area (Å²) in [4.78, 5) is 27.5. The van der Waals surface area contributed by atoms with Crippen LogP contribution in [0.4, 0.5) is 0 Å². The van der Waals surface area contributed by atoms with E-state index < -0.39 is 17.7 Å². The van der Waals surface area contributed by atoms with E-state index in [1.807, 2.05) is 13.8 Å². The molecule has 1 atom stereocenters. The molecule has 1 amide bonds. The number of ether oxygens (including phenoxy) is 3. The quantitative estimate of drug-likeness (QED) is 0.235. The molecule has 1 fully saturated rings. The Kier molecular flexibility index (Phi) is 8.36. The highest BCUT2D eigenvalue weighted by Gasteiger charge is 2.45. The van der Waals surface area contributed by atoms with Crippen LogP contribution in [0.2, 0.25) is 5.02 Å². The summed E-state index contributed by atoms with van der Waals surface area (Å²) in [6, 6.07) is 11.2. The zero-order chi connectivity index (χ0) is 24.0. The summed E-state index contributed by atoms with van der Waals surface area (Å²) in [5.74, 6) is -0.617. The lowest BCUT2D eigenvalue weighted by molar-refractivity contribution is -0.140. The Morgan fingerprint density at radius 1 is 1.06 bits per heavy atom. The number of Topliss-reactive ketones (excluding diaryl/α,β-unsaturated/α-hetero) is 1. The van der Waals surface area contributed by atoms with E-state index in [1.54, 1.807) is 49.6 Å². The molecule has 0 aliphatic carbocycles. The molecule has 7 nitrogen and oxygen atoms in total. The van der Waals surface area contributed by atoms with Gasteiger partial charge in [0.05, 0.1) is 29.9 Å². The number of hydrogen-bond acceptors (Lipinski definition) is 6. The fourth-order valence-electron chi connectivity index (χ4n) is 3.82. The Bertz CT molecular complexity index is 1030. The lowest BCUT2D eigenvalue weighted by atomic mass is 9.95. The summed E-state index contributed by atoms with van der Waals surface area (Å²) in [5, 5.41) is 11.6. The molecule has 0 radical (unpaired) electrons. The van der Waals surface area contributed by atoms with E-state index in [4.69, 9.17) is 25.8 Å². The molecule has 3 rings (SSSR count). The predicted octanol–water partition coefficient (Wildman–Crippen LogP) is 4.60. The second-order valence-electron chi connectivity index (χ2n) is 7.42. The van der Waals surface area contributed by atoms with Gasteiger partial charge in [-0.25, -0.2) is 0 Å². The molecule has 8 heteroatoms. The third-order valence-corrected chi connectivity index (χ3v) is 5.61. The highest BCUT2D eigenvalue weighted by molar-refractivity contribution is 6.46. The van der Waals surface area contributed by atoms with Crippen molar-refractivity contribution in [2.75, 3.05) is 33.5 Å². The number of amides is 1. The van der Waals surface area contributed by atoms with Crippen molar-refractivity contribution in [3.63, 3.8) is 0 Å². The number of ketones is 1. The Labute approximate surface area is 198 Å². The van der Waals surface area contributed by atoms with Gasteiger partial charge in [0.1, 0.15) is 17.3 Å². The maximum atomic E-state index is 13.1. The van der Waals surface area contributed by atoms with Crippen LogP contribution in [0.25, 0.3) is 5.76 Å². The lowest BCUT2D eigenvalue weighted by Crippen LogP contribution is -2.31. The lowest BCUT2D eigenvalue weighted by Gasteiger charge is -2.25. The summed E-state index contributed by atoms with van der Waals surface area (Å²) >= 11 is 6.17. The Morgan fingerprint density at radius 3 is 2.39 bits per heavy atom. The first-order chi connectivity index (χ1) is 15.9. The van der Waals surface area contributed by atoms with Gasteiger partial charge in [0.2, 0.25) is 0 Å². The molecule has 0 spiro atoms. The number of aliphatic hydroxyl groups is 1. The Balaban J connectivity index is 2.10. The summed E-state index contributed by atoms with van der Waals surface area (Å²) < 4.78 is 16.1. The fraction of sp³-hybridized carbons (Fsp3) is 0.360. The van der Waals surface area contributed by atoms with Crippen molar-refractivity contribution in [2.24, 2.45) is 0 Å². The van der Waals surface area contributed by atoms with Crippen molar-refractivity contribution in [1.82, 2.24) is 4.90 Å². The van der Waals surface area contributed by atoms with Gasteiger partial charge in [-0.15, -0.1) is 0 Å². The SMILES string of the molecule is CCOc1ccc(C2/C(=C(/O)c3ccc(Cl)c(OCC)c3)C(=O)C(=O)N2CCCOC)cc1. The molecule has 0 aromatic heterocycles. The molecule has 1 unspecified atom stereocenters. The molecule has 1 saturated heterocycles. The molecule has 2 aromatic carbocycles. The topological polar surface area (TPSA) is 85.3 Å². The van der Waals surface area contributed by atoms with E-state index in [2.05, 4.69) is 0 Å². The number of benzene rings is 2. The third-order valence-electron chi connectivity index (χ3n) is 5.30. The van der Waals surface area contributed by atoms with Crippen LogP contribution in [0.3, 0.4) is 0 Å². The van der Waals surface area contributed by atoms with E-state index in [-0.39, 0.29) is 11.3 Å². The number of nitrogens with zero attached hydrogens (tertiary/aromatic N) is 1. The number of rotatable bonds is 10. The number of likely N-dealkylation sites (tertiary alicyclic amines) is 1. The molecule has 1 N–H and O–H groups in total. The predicted molar refractivity (Wildman–Crippen MR) is 126 cm³/mol. The van der Waals surface area contributed by atoms with Gasteiger partial charge in [-0.2, -0.15) is 0 Å². The van der Waals surface area contributed by atoms with E-state index >= 15 is 0 Å². The average Bonchev–Trinajstić information content (AvgIpc) is 3.06. The van der Waals surface area contributed by atoms with Crippen LogP contribution in [0, 0.1) is 0 Å². The number of hydrogen-bond donors (Lipinski definition) is 1. The van der Waals surface area contributed by atoms with Gasteiger partial charge in [-0.1, -0.05) is 23.7 Å². The van der Waals surface area contributed by atoms with Crippen molar-refractivity contribution in [2.45, 2.75) is 26.3 Å². The summed E-state index contributed by atoms with van der Waals surface area (Å²) in [6.45, 7) is 5.36. The van der Waals surface area contributed by atoms with Gasteiger partial charge in [-0.05, 0) is 56.2 Å². The van der Waals surface area contributed by atoms with E-state index in [1.165, 1.54) is 4.90 Å². The molecule has 0 saturated carbocycles. The van der Waals surface area contributed by atoms with Gasteiger partial charge in [-0.3, -0.25) is 9.59 Å². The summed E-state index contributed by atoms with van der Waals surface area (Å²) in [6.07, 6.45) is 0.548. The van der Waals surface area contributed by atoms with Crippen LogP contribution in [0.5, 0.6) is 11.5 Å². The zero-order valence-electron chi connectivity index (χ0n) is 19.0. The van der Waals surface area contributed by atoms with Gasteiger partial charge in [0.25, 0.3) is 11.7 Å². The van der Waals surface area contributed by atoms with Crippen LogP contribution in [0.15, 0.2) is 48.0 Å². The second kappa shape index (κ2) is 11.2. The van der Waals surface area contributed by atoms with Gasteiger partial charge < -0.3 is 24.2 Å². The van der Waals surface area contributed by atoms with Crippen LogP contribution < -0.4 is 9.47 Å². The molecular formula is C25H28ClNO6.